The van der Waals surface area contributed by atoms with Crippen LogP contribution in [-0.2, 0) is 0 Å². The molecule has 1 aromatic heterocycles. The van der Waals surface area contributed by atoms with Gasteiger partial charge in [-0.3, -0.25) is 4.57 Å². The number of carboxylic acids is 1. The molecule has 0 atom stereocenters. The van der Waals surface area contributed by atoms with Crippen molar-refractivity contribution >= 4 is 28.6 Å². The Kier molecular flexibility index (Phi) is 2.91. The lowest BCUT2D eigenvalue weighted by molar-refractivity contribution is 0.0699. The number of aromatic nitrogens is 2. The Hall–Kier alpha value is -2.40. The van der Waals surface area contributed by atoms with Crippen LogP contribution in [0.2, 0.25) is 5.02 Å². The Bertz CT molecular complexity index is 809. The predicted molar refractivity (Wildman–Crippen MR) is 73.0 cm³/mol. The van der Waals surface area contributed by atoms with Crippen LogP contribution in [-0.4, -0.2) is 20.6 Å². The Morgan fingerprint density at radius 3 is 2.80 bits per heavy atom. The third-order valence-corrected chi connectivity index (χ3v) is 3.15. The van der Waals surface area contributed by atoms with Gasteiger partial charge in [0.1, 0.15) is 17.7 Å². The fourth-order valence-electron chi connectivity index (χ4n) is 2.10. The molecule has 0 aliphatic rings. The number of aromatic carboxylic acids is 1. The van der Waals surface area contributed by atoms with Gasteiger partial charge in [0.25, 0.3) is 0 Å². The monoisotopic (exact) mass is 290 g/mol. The molecule has 0 bridgehead atoms. The van der Waals surface area contributed by atoms with Crippen molar-refractivity contribution in [3.8, 4) is 5.69 Å². The molecule has 0 radical (unpaired) electrons. The van der Waals surface area contributed by atoms with Crippen molar-refractivity contribution in [2.45, 2.75) is 0 Å². The molecule has 0 unspecified atom stereocenters. The van der Waals surface area contributed by atoms with Gasteiger partial charge in [0, 0.05) is 5.02 Å². The van der Waals surface area contributed by atoms with Crippen LogP contribution in [0.4, 0.5) is 4.39 Å². The van der Waals surface area contributed by atoms with Crippen molar-refractivity contribution in [1.82, 2.24) is 9.55 Å². The third-order valence-electron chi connectivity index (χ3n) is 2.93. The second kappa shape index (κ2) is 4.61. The minimum atomic E-state index is -1.06. The van der Waals surface area contributed by atoms with Crippen LogP contribution in [0.3, 0.4) is 0 Å². The van der Waals surface area contributed by atoms with E-state index in [-0.39, 0.29) is 10.6 Å². The van der Waals surface area contributed by atoms with E-state index in [4.69, 9.17) is 16.7 Å². The first-order chi connectivity index (χ1) is 9.56. The lowest BCUT2D eigenvalue weighted by Crippen LogP contribution is -1.98. The highest BCUT2D eigenvalue weighted by molar-refractivity contribution is 6.30. The quantitative estimate of drug-likeness (QED) is 0.785. The average molecular weight is 291 g/mol. The number of carbonyl (C=O) groups is 1. The van der Waals surface area contributed by atoms with E-state index in [1.165, 1.54) is 24.5 Å². The Labute approximate surface area is 118 Å². The van der Waals surface area contributed by atoms with E-state index in [1.807, 2.05) is 0 Å². The van der Waals surface area contributed by atoms with E-state index in [0.717, 1.165) is 0 Å². The molecule has 0 amide bonds. The number of imidazole rings is 1. The highest BCUT2D eigenvalue weighted by Gasteiger charge is 2.13. The van der Waals surface area contributed by atoms with E-state index < -0.39 is 11.8 Å². The molecule has 100 valence electrons. The number of para-hydroxylation sites is 1. The molecule has 0 fully saturated rings. The molecule has 3 aromatic rings. The van der Waals surface area contributed by atoms with Gasteiger partial charge >= 0.3 is 5.97 Å². The maximum absolute atomic E-state index is 13.4. The summed E-state index contributed by atoms with van der Waals surface area (Å²) < 4.78 is 15.0. The molecule has 0 aliphatic heterocycles. The number of nitrogens with zero attached hydrogens (tertiary/aromatic N) is 2. The molecule has 0 spiro atoms. The minimum absolute atomic E-state index is 0.101. The van der Waals surface area contributed by atoms with Crippen molar-refractivity contribution in [2.75, 3.05) is 0 Å². The van der Waals surface area contributed by atoms with Crippen molar-refractivity contribution in [2.24, 2.45) is 0 Å². The van der Waals surface area contributed by atoms with Gasteiger partial charge < -0.3 is 5.11 Å². The van der Waals surface area contributed by atoms with Crippen molar-refractivity contribution in [1.29, 1.82) is 0 Å². The number of halogens is 2. The first-order valence-corrected chi connectivity index (χ1v) is 6.10. The van der Waals surface area contributed by atoms with Crippen LogP contribution in [0.25, 0.3) is 16.7 Å². The second-order valence-corrected chi connectivity index (χ2v) is 4.66. The highest BCUT2D eigenvalue weighted by Crippen LogP contribution is 2.24. The summed E-state index contributed by atoms with van der Waals surface area (Å²) in [7, 11) is 0. The molecule has 2 aromatic carbocycles. The van der Waals surface area contributed by atoms with Crippen LogP contribution >= 0.6 is 11.6 Å². The third kappa shape index (κ3) is 2.02. The molecular weight excluding hydrogens is 283 g/mol. The molecule has 3 rings (SSSR count). The Morgan fingerprint density at radius 1 is 1.30 bits per heavy atom. The first-order valence-electron chi connectivity index (χ1n) is 5.72. The largest absolute Gasteiger partial charge is 0.478 e. The fourth-order valence-corrected chi connectivity index (χ4v) is 2.31. The molecule has 0 saturated carbocycles. The summed E-state index contributed by atoms with van der Waals surface area (Å²) in [5, 5.41) is 9.38. The SMILES string of the molecule is O=C(O)c1cccc2c1ncn2-c1cc(F)cc(Cl)c1. The van der Waals surface area contributed by atoms with Crippen LogP contribution < -0.4 is 0 Å². The number of hydrogen-bond donors (Lipinski definition) is 1. The normalized spacial score (nSPS) is 10.9. The van der Waals surface area contributed by atoms with Gasteiger partial charge in [0.05, 0.1) is 16.8 Å². The predicted octanol–water partition coefficient (Wildman–Crippen LogP) is 3.52. The molecule has 20 heavy (non-hydrogen) atoms. The molecule has 0 saturated heterocycles. The van der Waals surface area contributed by atoms with Crippen LogP contribution in [0.15, 0.2) is 42.7 Å². The number of hydrogen-bond acceptors (Lipinski definition) is 2. The zero-order valence-corrected chi connectivity index (χ0v) is 10.8. The topological polar surface area (TPSA) is 55.1 Å². The molecule has 6 heteroatoms. The molecule has 1 N–H and O–H groups in total. The van der Waals surface area contributed by atoms with Crippen LogP contribution in [0.1, 0.15) is 10.4 Å². The highest BCUT2D eigenvalue weighted by atomic mass is 35.5. The van der Waals surface area contributed by atoms with E-state index in [0.29, 0.717) is 16.7 Å². The zero-order chi connectivity index (χ0) is 14.3. The minimum Gasteiger partial charge on any atom is -0.478 e. The van der Waals surface area contributed by atoms with Crippen molar-refractivity contribution in [3.05, 3.63) is 59.1 Å². The van der Waals surface area contributed by atoms with Gasteiger partial charge in [-0.05, 0) is 30.3 Å². The smallest absolute Gasteiger partial charge is 0.337 e. The zero-order valence-electron chi connectivity index (χ0n) is 10.0. The van der Waals surface area contributed by atoms with Gasteiger partial charge in [-0.15, -0.1) is 0 Å². The molecular formula is C14H8ClFN2O2. The van der Waals surface area contributed by atoms with Gasteiger partial charge in [0.2, 0.25) is 0 Å². The summed E-state index contributed by atoms with van der Waals surface area (Å²) in [6.45, 7) is 0. The van der Waals surface area contributed by atoms with E-state index in [2.05, 4.69) is 4.98 Å². The Morgan fingerprint density at radius 2 is 2.10 bits per heavy atom. The summed E-state index contributed by atoms with van der Waals surface area (Å²) in [6, 6.07) is 8.89. The summed E-state index contributed by atoms with van der Waals surface area (Å²) in [5.74, 6) is -1.53. The van der Waals surface area contributed by atoms with Crippen molar-refractivity contribution < 1.29 is 14.3 Å². The summed E-state index contributed by atoms with van der Waals surface area (Å²) >= 11 is 5.83. The summed E-state index contributed by atoms with van der Waals surface area (Å²) in [5.41, 5.74) is 1.51. The van der Waals surface area contributed by atoms with Gasteiger partial charge in [-0.2, -0.15) is 0 Å². The lowest BCUT2D eigenvalue weighted by atomic mass is 10.2. The first kappa shape index (κ1) is 12.6. The van der Waals surface area contributed by atoms with Crippen molar-refractivity contribution in [3.63, 3.8) is 0 Å². The molecule has 1 heterocycles. The summed E-state index contributed by atoms with van der Waals surface area (Å²) in [6.07, 6.45) is 1.45. The number of rotatable bonds is 2. The maximum atomic E-state index is 13.4. The molecule has 4 nitrogen and oxygen atoms in total. The van der Waals surface area contributed by atoms with Gasteiger partial charge in [-0.25, -0.2) is 14.2 Å². The van der Waals surface area contributed by atoms with Gasteiger partial charge in [0.15, 0.2) is 0 Å². The van der Waals surface area contributed by atoms with E-state index >= 15 is 0 Å². The lowest BCUT2D eigenvalue weighted by Gasteiger charge is -2.05. The standard InChI is InChI=1S/C14H8ClFN2O2/c15-8-4-9(16)6-10(5-8)18-7-17-13-11(14(19)20)2-1-3-12(13)18/h1-7H,(H,19,20). The van der Waals surface area contributed by atoms with Crippen LogP contribution in [0.5, 0.6) is 0 Å². The van der Waals surface area contributed by atoms with E-state index in [1.54, 1.807) is 22.8 Å². The van der Waals surface area contributed by atoms with Gasteiger partial charge in [-0.1, -0.05) is 17.7 Å². The average Bonchev–Trinajstić information content (AvgIpc) is 2.80. The van der Waals surface area contributed by atoms with Crippen LogP contribution in [0, 0.1) is 5.82 Å². The second-order valence-electron chi connectivity index (χ2n) is 4.22. The number of fused-ring (bicyclic) bond motifs is 1. The summed E-state index contributed by atoms with van der Waals surface area (Å²) in [4.78, 5) is 15.2. The Balaban J connectivity index is 2.28. The van der Waals surface area contributed by atoms with E-state index in [9.17, 15) is 9.18 Å². The maximum Gasteiger partial charge on any atom is 0.337 e. The molecule has 0 aliphatic carbocycles. The fraction of sp³-hybridized carbons (Fsp3) is 0. The number of benzene rings is 2. The number of carboxylic acid groups (broad SMARTS) is 1.